The highest BCUT2D eigenvalue weighted by Gasteiger charge is 2.30. The van der Waals surface area contributed by atoms with Crippen molar-refractivity contribution in [2.75, 3.05) is 39.6 Å². The van der Waals surface area contributed by atoms with Crippen molar-refractivity contribution in [2.45, 2.75) is 407 Å². The van der Waals surface area contributed by atoms with Crippen LogP contribution in [0.4, 0.5) is 0 Å². The number of phosphoric acid groups is 2. The number of carbonyl (C=O) groups is 4. The van der Waals surface area contributed by atoms with Crippen molar-refractivity contribution in [2.24, 2.45) is 17.8 Å². The molecule has 0 aromatic carbocycles. The lowest BCUT2D eigenvalue weighted by atomic mass is 9.99. The van der Waals surface area contributed by atoms with Crippen molar-refractivity contribution in [3.8, 4) is 0 Å². The Hall–Kier alpha value is -1.94. The maximum Gasteiger partial charge on any atom is 0.472 e. The van der Waals surface area contributed by atoms with Crippen LogP contribution in [0, 0.1) is 17.8 Å². The molecule has 0 amide bonds. The number of carbonyl (C=O) groups excluding carboxylic acids is 4. The highest BCUT2D eigenvalue weighted by atomic mass is 31.2. The van der Waals surface area contributed by atoms with Crippen LogP contribution in [-0.4, -0.2) is 96.7 Å². The summed E-state index contributed by atoms with van der Waals surface area (Å²) in [5.41, 5.74) is 0. The van der Waals surface area contributed by atoms with Gasteiger partial charge in [-0.3, -0.25) is 37.3 Å². The lowest BCUT2D eigenvalue weighted by molar-refractivity contribution is -0.161. The van der Waals surface area contributed by atoms with E-state index in [1.54, 1.807) is 0 Å². The fourth-order valence-corrected chi connectivity index (χ4v) is 13.1. The molecule has 95 heavy (non-hydrogen) atoms. The summed E-state index contributed by atoms with van der Waals surface area (Å²) in [7, 11) is -9.90. The van der Waals surface area contributed by atoms with Gasteiger partial charge < -0.3 is 33.8 Å². The van der Waals surface area contributed by atoms with E-state index in [9.17, 15) is 43.2 Å². The summed E-state index contributed by atoms with van der Waals surface area (Å²) in [6.45, 7) is 11.9. The van der Waals surface area contributed by atoms with Gasteiger partial charge in [-0.1, -0.05) is 337 Å². The molecular formula is C76H148O17P2. The molecule has 0 radical (unpaired) electrons. The van der Waals surface area contributed by atoms with E-state index >= 15 is 0 Å². The second-order valence-electron chi connectivity index (χ2n) is 28.6. The Kier molecular flexibility index (Phi) is 65.2. The predicted molar refractivity (Wildman–Crippen MR) is 386 cm³/mol. The smallest absolute Gasteiger partial charge is 0.462 e. The molecule has 3 unspecified atom stereocenters. The Morgan fingerprint density at radius 3 is 0.800 bits per heavy atom. The molecule has 0 heterocycles. The van der Waals surface area contributed by atoms with Crippen molar-refractivity contribution in [1.82, 2.24) is 0 Å². The van der Waals surface area contributed by atoms with Crippen LogP contribution in [-0.2, 0) is 65.4 Å². The molecule has 19 heteroatoms. The molecular weight excluding hydrogens is 1250 g/mol. The number of hydrogen-bond donors (Lipinski definition) is 3. The molecule has 0 aromatic heterocycles. The summed E-state index contributed by atoms with van der Waals surface area (Å²) in [5, 5.41) is 10.6. The molecule has 0 bridgehead atoms. The Morgan fingerprint density at radius 2 is 0.537 bits per heavy atom. The minimum Gasteiger partial charge on any atom is -0.462 e. The van der Waals surface area contributed by atoms with E-state index in [-0.39, 0.29) is 25.7 Å². The van der Waals surface area contributed by atoms with E-state index in [0.29, 0.717) is 25.7 Å². The third kappa shape index (κ3) is 69.0. The van der Waals surface area contributed by atoms with Crippen LogP contribution in [0.25, 0.3) is 0 Å². The molecule has 0 rings (SSSR count). The average molecular weight is 1400 g/mol. The van der Waals surface area contributed by atoms with Gasteiger partial charge in [0.05, 0.1) is 26.4 Å². The number of ether oxygens (including phenoxy) is 4. The number of aliphatic hydroxyl groups is 1. The van der Waals surface area contributed by atoms with Crippen LogP contribution >= 0.6 is 15.6 Å². The third-order valence-electron chi connectivity index (χ3n) is 18.0. The monoisotopic (exact) mass is 1400 g/mol. The molecule has 0 aliphatic rings. The number of rotatable bonds is 74. The molecule has 0 saturated heterocycles. The van der Waals surface area contributed by atoms with Crippen molar-refractivity contribution >= 4 is 39.5 Å². The lowest BCUT2D eigenvalue weighted by Crippen LogP contribution is -2.30. The summed E-state index contributed by atoms with van der Waals surface area (Å²) in [5.74, 6) is 0.269. The van der Waals surface area contributed by atoms with E-state index in [1.165, 1.54) is 193 Å². The second kappa shape index (κ2) is 66.6. The molecule has 17 nitrogen and oxygen atoms in total. The van der Waals surface area contributed by atoms with Gasteiger partial charge in [0.2, 0.25) is 0 Å². The van der Waals surface area contributed by atoms with E-state index in [1.807, 2.05) is 0 Å². The van der Waals surface area contributed by atoms with Crippen molar-refractivity contribution < 1.29 is 80.2 Å². The number of hydrogen-bond acceptors (Lipinski definition) is 15. The van der Waals surface area contributed by atoms with Gasteiger partial charge in [0.15, 0.2) is 12.2 Å². The van der Waals surface area contributed by atoms with E-state index < -0.39 is 97.5 Å². The fraction of sp³-hybridized carbons (Fsp3) is 0.947. The molecule has 0 aliphatic heterocycles. The standard InChI is InChI=1S/C76H148O17P2/c1-8-10-11-40-50-57-73(78)86-63-71(92-76(81)60-53-46-39-33-27-29-35-42-48-55-68(5)6)65-90-94(82,83)88-61-70(77)62-89-95(84,85)91-66-72(64-87-74(79)58-51-44-37-31-25-22-18-19-23-28-34-41-47-54-67(3)4)93-75(80)59-52-45-38-32-26-21-17-15-13-12-14-16-20-24-30-36-43-49-56-69(7)9-2/h67-72,77H,8-66H2,1-7H3,(H,82,83)(H,84,85)/t69?,70-,71+,72+/m0/s1. The molecule has 3 N–H and O–H groups in total. The summed E-state index contributed by atoms with van der Waals surface area (Å²) >= 11 is 0. The van der Waals surface area contributed by atoms with Crippen LogP contribution in [0.1, 0.15) is 389 Å². The SMILES string of the molecule is CCCCCCCC(=O)OC[C@H](COP(=O)(O)OC[C@H](O)COP(=O)(O)OC[C@@H](COC(=O)CCCCCCCCCCCCCCCC(C)C)OC(=O)CCCCCCCCCCCCCCCCCCCCC(C)CC)OC(=O)CCCCCCCCCCCC(C)C. The summed E-state index contributed by atoms with van der Waals surface area (Å²) in [6, 6.07) is 0. The van der Waals surface area contributed by atoms with E-state index in [2.05, 4.69) is 48.5 Å². The van der Waals surface area contributed by atoms with Gasteiger partial charge in [-0.15, -0.1) is 0 Å². The van der Waals surface area contributed by atoms with E-state index in [4.69, 9.17) is 37.0 Å². The Bertz CT molecular complexity index is 1850. The molecule has 0 spiro atoms. The Labute approximate surface area is 581 Å². The second-order valence-corrected chi connectivity index (χ2v) is 31.5. The van der Waals surface area contributed by atoms with Gasteiger partial charge in [-0.2, -0.15) is 0 Å². The van der Waals surface area contributed by atoms with Crippen molar-refractivity contribution in [1.29, 1.82) is 0 Å². The van der Waals surface area contributed by atoms with E-state index in [0.717, 1.165) is 114 Å². The predicted octanol–water partition coefficient (Wildman–Crippen LogP) is 22.2. The van der Waals surface area contributed by atoms with Crippen molar-refractivity contribution in [3.05, 3.63) is 0 Å². The van der Waals surface area contributed by atoms with Crippen LogP contribution in [0.3, 0.4) is 0 Å². The molecule has 564 valence electrons. The zero-order chi connectivity index (χ0) is 70.1. The maximum atomic E-state index is 13.1. The zero-order valence-corrected chi connectivity index (χ0v) is 63.9. The first-order valence-electron chi connectivity index (χ1n) is 39.4. The Balaban J connectivity index is 5.12. The third-order valence-corrected chi connectivity index (χ3v) is 19.9. The van der Waals surface area contributed by atoms with Crippen molar-refractivity contribution in [3.63, 3.8) is 0 Å². The highest BCUT2D eigenvalue weighted by Crippen LogP contribution is 2.45. The largest absolute Gasteiger partial charge is 0.472 e. The summed E-state index contributed by atoms with van der Waals surface area (Å²) in [4.78, 5) is 72.5. The molecule has 0 fully saturated rings. The zero-order valence-electron chi connectivity index (χ0n) is 62.1. The maximum absolute atomic E-state index is 13.1. The van der Waals surface area contributed by atoms with Crippen LogP contribution in [0.15, 0.2) is 0 Å². The van der Waals surface area contributed by atoms with Gasteiger partial charge in [-0.25, -0.2) is 9.13 Å². The van der Waals surface area contributed by atoms with Gasteiger partial charge in [0, 0.05) is 25.7 Å². The molecule has 0 aliphatic carbocycles. The minimum atomic E-state index is -4.96. The first-order valence-corrected chi connectivity index (χ1v) is 42.4. The van der Waals surface area contributed by atoms with Gasteiger partial charge >= 0.3 is 39.5 Å². The van der Waals surface area contributed by atoms with Gasteiger partial charge in [0.25, 0.3) is 0 Å². The highest BCUT2D eigenvalue weighted by molar-refractivity contribution is 7.47. The fourth-order valence-electron chi connectivity index (χ4n) is 11.6. The van der Waals surface area contributed by atoms with Gasteiger partial charge in [-0.05, 0) is 43.4 Å². The molecule has 6 atom stereocenters. The first-order chi connectivity index (χ1) is 45.8. The van der Waals surface area contributed by atoms with Crippen LogP contribution < -0.4 is 0 Å². The average Bonchev–Trinajstić information content (AvgIpc) is 1.75. The number of phosphoric ester groups is 2. The molecule has 0 aromatic rings. The summed E-state index contributed by atoms with van der Waals surface area (Å²) < 4.78 is 68.3. The normalized spacial score (nSPS) is 14.4. The van der Waals surface area contributed by atoms with Crippen LogP contribution in [0.2, 0.25) is 0 Å². The molecule has 0 saturated carbocycles. The number of aliphatic hydroxyl groups excluding tert-OH is 1. The Morgan fingerprint density at radius 1 is 0.305 bits per heavy atom. The summed E-state index contributed by atoms with van der Waals surface area (Å²) in [6.07, 6.45) is 53.2. The minimum absolute atomic E-state index is 0.104. The lowest BCUT2D eigenvalue weighted by Gasteiger charge is -2.21. The van der Waals surface area contributed by atoms with Gasteiger partial charge in [0.1, 0.15) is 19.3 Å². The first kappa shape index (κ1) is 93.1. The topological polar surface area (TPSA) is 237 Å². The number of unbranched alkanes of at least 4 members (excludes halogenated alkanes) is 41. The quantitative estimate of drug-likeness (QED) is 0.0222. The number of esters is 4. The van der Waals surface area contributed by atoms with Crippen LogP contribution in [0.5, 0.6) is 0 Å².